The van der Waals surface area contributed by atoms with Crippen molar-refractivity contribution >= 4 is 50.6 Å². The summed E-state index contributed by atoms with van der Waals surface area (Å²) in [7, 11) is 1.93. The van der Waals surface area contributed by atoms with Gasteiger partial charge in [-0.05, 0) is 43.7 Å². The van der Waals surface area contributed by atoms with Crippen LogP contribution in [0, 0.1) is 13.8 Å². The molecule has 2 heterocycles. The van der Waals surface area contributed by atoms with Gasteiger partial charge < -0.3 is 9.88 Å². The van der Waals surface area contributed by atoms with Crippen LogP contribution in [0.15, 0.2) is 39.3 Å². The van der Waals surface area contributed by atoms with Crippen molar-refractivity contribution in [2.75, 3.05) is 11.1 Å². The minimum atomic E-state index is -0.0700. The molecule has 130 valence electrons. The smallest absolute Gasteiger partial charge is 0.234 e. The first kappa shape index (κ1) is 18.2. The van der Waals surface area contributed by atoms with Crippen LogP contribution in [0.4, 0.5) is 5.69 Å². The Morgan fingerprint density at radius 1 is 1.28 bits per heavy atom. The lowest BCUT2D eigenvalue weighted by Gasteiger charge is -2.06. The van der Waals surface area contributed by atoms with E-state index in [1.807, 2.05) is 35.9 Å². The minimum absolute atomic E-state index is 0.0700. The van der Waals surface area contributed by atoms with E-state index in [4.69, 9.17) is 0 Å². The third-order valence-corrected chi connectivity index (χ3v) is 6.38. The number of aryl methyl sites for hydroxylation is 1. The molecule has 0 saturated carbocycles. The average Bonchev–Trinajstić information content (AvgIpc) is 3.11. The molecule has 1 aromatic carbocycles. The molecule has 1 N–H and O–H groups in total. The van der Waals surface area contributed by atoms with E-state index in [1.165, 1.54) is 22.2 Å². The Hall–Kier alpha value is -1.64. The highest BCUT2D eigenvalue weighted by atomic mass is 79.9. The Bertz CT molecular complexity index is 902. The zero-order valence-electron chi connectivity index (χ0n) is 14.0. The van der Waals surface area contributed by atoms with Gasteiger partial charge in [-0.1, -0.05) is 27.7 Å². The third kappa shape index (κ3) is 4.13. The van der Waals surface area contributed by atoms with E-state index in [9.17, 15) is 4.79 Å². The lowest BCUT2D eigenvalue weighted by molar-refractivity contribution is -0.113. The summed E-state index contributed by atoms with van der Waals surface area (Å²) in [5.41, 5.74) is 3.10. The molecule has 0 saturated heterocycles. The molecule has 0 radical (unpaired) electrons. The molecule has 1 amide bonds. The molecule has 0 aliphatic heterocycles. The number of anilines is 1. The standard InChI is InChI=1S/C17H17BrN4OS2/c1-10-11(2)24-8-14(10)16-20-21-17(22(16)3)25-9-15(23)19-13-6-4-12(18)5-7-13/h4-8H,9H2,1-3H3,(H,19,23). The van der Waals surface area contributed by atoms with Crippen LogP contribution >= 0.6 is 39.0 Å². The van der Waals surface area contributed by atoms with Gasteiger partial charge in [0.05, 0.1) is 5.75 Å². The zero-order chi connectivity index (χ0) is 18.0. The Kier molecular flexibility index (Phi) is 5.61. The van der Waals surface area contributed by atoms with Gasteiger partial charge in [0.25, 0.3) is 0 Å². The molecule has 0 unspecified atom stereocenters. The second-order valence-corrected chi connectivity index (χ2v) is 8.48. The highest BCUT2D eigenvalue weighted by molar-refractivity contribution is 9.10. The molecule has 8 heteroatoms. The Balaban J connectivity index is 1.65. The number of nitrogens with zero attached hydrogens (tertiary/aromatic N) is 3. The van der Waals surface area contributed by atoms with Gasteiger partial charge in [-0.2, -0.15) is 0 Å². The number of thioether (sulfide) groups is 1. The maximum absolute atomic E-state index is 12.1. The fourth-order valence-electron chi connectivity index (χ4n) is 2.27. The number of thiophene rings is 1. The van der Waals surface area contributed by atoms with Crippen LogP contribution in [-0.4, -0.2) is 26.4 Å². The normalized spacial score (nSPS) is 10.9. The number of nitrogens with one attached hydrogen (secondary N) is 1. The number of carbonyl (C=O) groups excluding carboxylic acids is 1. The fourth-order valence-corrected chi connectivity index (χ4v) is 4.11. The molecule has 0 spiro atoms. The van der Waals surface area contributed by atoms with Crippen molar-refractivity contribution in [1.82, 2.24) is 14.8 Å². The predicted molar refractivity (Wildman–Crippen MR) is 107 cm³/mol. The van der Waals surface area contributed by atoms with Crippen LogP contribution in [0.1, 0.15) is 10.4 Å². The van der Waals surface area contributed by atoms with E-state index in [2.05, 4.69) is 50.7 Å². The summed E-state index contributed by atoms with van der Waals surface area (Å²) in [5, 5.41) is 14.2. The van der Waals surface area contributed by atoms with Gasteiger partial charge in [0.15, 0.2) is 11.0 Å². The molecular weight excluding hydrogens is 420 g/mol. The molecular formula is C17H17BrN4OS2. The number of amides is 1. The first-order valence-electron chi connectivity index (χ1n) is 7.58. The van der Waals surface area contributed by atoms with E-state index in [0.717, 1.165) is 26.7 Å². The van der Waals surface area contributed by atoms with Crippen LogP contribution in [-0.2, 0) is 11.8 Å². The van der Waals surface area contributed by atoms with E-state index < -0.39 is 0 Å². The van der Waals surface area contributed by atoms with Crippen molar-refractivity contribution in [1.29, 1.82) is 0 Å². The fraction of sp³-hybridized carbons (Fsp3) is 0.235. The number of hydrogen-bond acceptors (Lipinski definition) is 5. The van der Waals surface area contributed by atoms with Gasteiger partial charge in [0.2, 0.25) is 5.91 Å². The monoisotopic (exact) mass is 436 g/mol. The number of rotatable bonds is 5. The van der Waals surface area contributed by atoms with Crippen LogP contribution in [0.2, 0.25) is 0 Å². The zero-order valence-corrected chi connectivity index (χ0v) is 17.3. The van der Waals surface area contributed by atoms with Crippen molar-refractivity contribution < 1.29 is 4.79 Å². The number of hydrogen-bond donors (Lipinski definition) is 1. The average molecular weight is 437 g/mol. The second kappa shape index (κ2) is 7.72. The van der Waals surface area contributed by atoms with Gasteiger partial charge in [-0.3, -0.25) is 4.79 Å². The summed E-state index contributed by atoms with van der Waals surface area (Å²) < 4.78 is 2.91. The van der Waals surface area contributed by atoms with Crippen molar-refractivity contribution in [2.45, 2.75) is 19.0 Å². The lowest BCUT2D eigenvalue weighted by Crippen LogP contribution is -2.14. The molecule has 5 nitrogen and oxygen atoms in total. The number of carbonyl (C=O) groups is 1. The van der Waals surface area contributed by atoms with E-state index >= 15 is 0 Å². The highest BCUT2D eigenvalue weighted by Crippen LogP contribution is 2.30. The van der Waals surface area contributed by atoms with Crippen LogP contribution in [0.25, 0.3) is 11.4 Å². The Morgan fingerprint density at radius 3 is 2.64 bits per heavy atom. The number of benzene rings is 1. The molecule has 3 aromatic rings. The van der Waals surface area contributed by atoms with Crippen molar-refractivity contribution in [3.63, 3.8) is 0 Å². The summed E-state index contributed by atoms with van der Waals surface area (Å²) in [6.45, 7) is 4.19. The van der Waals surface area contributed by atoms with E-state index in [1.54, 1.807) is 11.3 Å². The summed E-state index contributed by atoms with van der Waals surface area (Å²) in [6, 6.07) is 7.50. The van der Waals surface area contributed by atoms with Gasteiger partial charge in [0.1, 0.15) is 0 Å². The van der Waals surface area contributed by atoms with Crippen molar-refractivity contribution in [3.05, 3.63) is 44.6 Å². The molecule has 0 bridgehead atoms. The quantitative estimate of drug-likeness (QED) is 0.591. The molecule has 2 aromatic heterocycles. The largest absolute Gasteiger partial charge is 0.325 e. The second-order valence-electron chi connectivity index (χ2n) is 5.54. The summed E-state index contributed by atoms with van der Waals surface area (Å²) >= 11 is 6.46. The Labute approximate surface area is 163 Å². The van der Waals surface area contributed by atoms with E-state index in [-0.39, 0.29) is 11.7 Å². The summed E-state index contributed by atoms with van der Waals surface area (Å²) in [6.07, 6.45) is 0. The van der Waals surface area contributed by atoms with Crippen molar-refractivity contribution in [2.24, 2.45) is 7.05 Å². The molecule has 0 aliphatic rings. The summed E-state index contributed by atoms with van der Waals surface area (Å²) in [4.78, 5) is 13.4. The third-order valence-electron chi connectivity index (χ3n) is 3.82. The SMILES string of the molecule is Cc1scc(-c2nnc(SCC(=O)Nc3ccc(Br)cc3)n2C)c1C. The molecule has 3 rings (SSSR count). The van der Waals surface area contributed by atoms with Gasteiger partial charge in [-0.25, -0.2) is 0 Å². The van der Waals surface area contributed by atoms with Crippen LogP contribution in [0.5, 0.6) is 0 Å². The number of aromatic nitrogens is 3. The van der Waals surface area contributed by atoms with Crippen LogP contribution < -0.4 is 5.32 Å². The van der Waals surface area contributed by atoms with E-state index in [0.29, 0.717) is 0 Å². The Morgan fingerprint density at radius 2 is 2.00 bits per heavy atom. The molecule has 0 fully saturated rings. The topological polar surface area (TPSA) is 59.8 Å². The predicted octanol–water partition coefficient (Wildman–Crippen LogP) is 4.65. The maximum atomic E-state index is 12.1. The lowest BCUT2D eigenvalue weighted by atomic mass is 10.2. The minimum Gasteiger partial charge on any atom is -0.325 e. The maximum Gasteiger partial charge on any atom is 0.234 e. The molecule has 0 aliphatic carbocycles. The van der Waals surface area contributed by atoms with Gasteiger partial charge in [-0.15, -0.1) is 21.5 Å². The van der Waals surface area contributed by atoms with Gasteiger partial charge >= 0.3 is 0 Å². The summed E-state index contributed by atoms with van der Waals surface area (Å²) in [5.74, 6) is 1.04. The van der Waals surface area contributed by atoms with Crippen LogP contribution in [0.3, 0.4) is 0 Å². The highest BCUT2D eigenvalue weighted by Gasteiger charge is 2.16. The number of halogens is 1. The van der Waals surface area contributed by atoms with Crippen molar-refractivity contribution in [3.8, 4) is 11.4 Å². The van der Waals surface area contributed by atoms with Gasteiger partial charge in [0, 0.05) is 33.0 Å². The molecule has 25 heavy (non-hydrogen) atoms. The molecule has 0 atom stereocenters. The first-order valence-corrected chi connectivity index (χ1v) is 10.2. The first-order chi connectivity index (χ1) is 12.0.